The maximum absolute atomic E-state index is 11.1. The Kier molecular flexibility index (Phi) is 3.84. The fraction of sp³-hybridized carbons (Fsp3) is 0.417. The van der Waals surface area contributed by atoms with Crippen molar-refractivity contribution in [2.24, 2.45) is 0 Å². The number of benzene rings is 1. The van der Waals surface area contributed by atoms with Gasteiger partial charge in [0.05, 0.1) is 18.1 Å². The Morgan fingerprint density at radius 2 is 2.16 bits per heavy atom. The number of anilines is 1. The van der Waals surface area contributed by atoms with Crippen LogP contribution in [0.15, 0.2) is 24.3 Å². The molecule has 1 aliphatic heterocycles. The molecule has 1 heterocycles. The molecule has 1 N–H and O–H groups in total. The minimum absolute atomic E-state index is 0.0441. The standard InChI is InChI=1S/C12H15N3O4/c1-19-12(16)13-9-6-7-14(8-9)10-2-4-11(5-3-10)15(17)18/h2-5,9H,6-8H2,1H3,(H,13,16). The Hall–Kier alpha value is -2.31. The Bertz CT molecular complexity index is 474. The van der Waals surface area contributed by atoms with Crippen LogP contribution in [0.25, 0.3) is 0 Å². The number of ether oxygens (including phenoxy) is 1. The largest absolute Gasteiger partial charge is 0.453 e. The summed E-state index contributed by atoms with van der Waals surface area (Å²) in [5.74, 6) is 0. The van der Waals surface area contributed by atoms with Crippen LogP contribution >= 0.6 is 0 Å². The maximum atomic E-state index is 11.1. The third-order valence-corrected chi connectivity index (χ3v) is 3.12. The molecule has 102 valence electrons. The van der Waals surface area contributed by atoms with Crippen LogP contribution in [-0.2, 0) is 4.74 Å². The molecule has 0 bridgehead atoms. The third kappa shape index (κ3) is 3.12. The van der Waals surface area contributed by atoms with Crippen molar-refractivity contribution < 1.29 is 14.5 Å². The number of rotatable bonds is 3. The van der Waals surface area contributed by atoms with Gasteiger partial charge in [0.2, 0.25) is 0 Å². The van der Waals surface area contributed by atoms with E-state index in [0.717, 1.165) is 18.7 Å². The predicted octanol–water partition coefficient (Wildman–Crippen LogP) is 1.53. The Morgan fingerprint density at radius 3 is 2.74 bits per heavy atom. The van der Waals surface area contributed by atoms with E-state index in [1.807, 2.05) is 0 Å². The van der Waals surface area contributed by atoms with Crippen molar-refractivity contribution in [1.82, 2.24) is 5.32 Å². The summed E-state index contributed by atoms with van der Waals surface area (Å²) in [5, 5.41) is 13.3. The highest BCUT2D eigenvalue weighted by molar-refractivity contribution is 5.67. The van der Waals surface area contributed by atoms with E-state index in [4.69, 9.17) is 0 Å². The van der Waals surface area contributed by atoms with E-state index < -0.39 is 11.0 Å². The highest BCUT2D eigenvalue weighted by Crippen LogP contribution is 2.23. The smallest absolute Gasteiger partial charge is 0.407 e. The fourth-order valence-electron chi connectivity index (χ4n) is 2.12. The molecule has 0 aromatic heterocycles. The first kappa shape index (κ1) is 13.1. The summed E-state index contributed by atoms with van der Waals surface area (Å²) in [7, 11) is 1.33. The number of nitro groups is 1. The number of hydrogen-bond donors (Lipinski definition) is 1. The van der Waals surface area contributed by atoms with Crippen LogP contribution in [0.5, 0.6) is 0 Å². The number of nitro benzene ring substituents is 1. The molecule has 1 aliphatic rings. The van der Waals surface area contributed by atoms with E-state index in [1.54, 1.807) is 12.1 Å². The number of carbonyl (C=O) groups is 1. The van der Waals surface area contributed by atoms with E-state index in [0.29, 0.717) is 6.54 Å². The number of nitrogens with one attached hydrogen (secondary N) is 1. The lowest BCUT2D eigenvalue weighted by Crippen LogP contribution is -2.36. The molecule has 0 spiro atoms. The molecule has 7 nitrogen and oxygen atoms in total. The zero-order valence-electron chi connectivity index (χ0n) is 10.5. The fourth-order valence-corrected chi connectivity index (χ4v) is 2.12. The Labute approximate surface area is 110 Å². The van der Waals surface area contributed by atoms with E-state index >= 15 is 0 Å². The SMILES string of the molecule is COC(=O)NC1CCN(c2ccc([N+](=O)[O-])cc2)C1. The molecule has 1 aromatic carbocycles. The summed E-state index contributed by atoms with van der Waals surface area (Å²) in [5.41, 5.74) is 0.993. The molecule has 1 unspecified atom stereocenters. The first-order chi connectivity index (χ1) is 9.10. The summed E-state index contributed by atoms with van der Waals surface area (Å²) >= 11 is 0. The van der Waals surface area contributed by atoms with Gasteiger partial charge in [-0.2, -0.15) is 0 Å². The monoisotopic (exact) mass is 265 g/mol. The van der Waals surface area contributed by atoms with Gasteiger partial charge in [-0.05, 0) is 18.6 Å². The minimum atomic E-state index is -0.435. The van der Waals surface area contributed by atoms with Crippen molar-refractivity contribution in [2.75, 3.05) is 25.1 Å². The van der Waals surface area contributed by atoms with Gasteiger partial charge in [0, 0.05) is 30.9 Å². The first-order valence-corrected chi connectivity index (χ1v) is 5.94. The zero-order valence-corrected chi connectivity index (χ0v) is 10.5. The summed E-state index contributed by atoms with van der Waals surface area (Å²) in [6.45, 7) is 1.47. The number of nitrogens with zero attached hydrogens (tertiary/aromatic N) is 2. The normalized spacial score (nSPS) is 18.2. The topological polar surface area (TPSA) is 84.7 Å². The molecule has 1 atom stereocenters. The summed E-state index contributed by atoms with van der Waals surface area (Å²) in [6, 6.07) is 6.45. The average Bonchev–Trinajstić information content (AvgIpc) is 2.87. The molecule has 1 aromatic rings. The summed E-state index contributed by atoms with van der Waals surface area (Å²) < 4.78 is 4.55. The highest BCUT2D eigenvalue weighted by atomic mass is 16.6. The van der Waals surface area contributed by atoms with Crippen LogP contribution in [0.1, 0.15) is 6.42 Å². The number of amides is 1. The number of alkyl carbamates (subject to hydrolysis) is 1. The molecular formula is C12H15N3O4. The molecule has 0 aliphatic carbocycles. The van der Waals surface area contributed by atoms with Crippen molar-refractivity contribution in [3.8, 4) is 0 Å². The van der Waals surface area contributed by atoms with Gasteiger partial charge in [-0.3, -0.25) is 10.1 Å². The predicted molar refractivity (Wildman–Crippen MR) is 69.3 cm³/mol. The highest BCUT2D eigenvalue weighted by Gasteiger charge is 2.24. The molecule has 2 rings (SSSR count). The van der Waals surface area contributed by atoms with Gasteiger partial charge >= 0.3 is 6.09 Å². The molecule has 7 heteroatoms. The quantitative estimate of drug-likeness (QED) is 0.661. The van der Waals surface area contributed by atoms with Crippen LogP contribution < -0.4 is 10.2 Å². The zero-order chi connectivity index (χ0) is 13.8. The second kappa shape index (κ2) is 5.55. The Balaban J connectivity index is 1.96. The van der Waals surface area contributed by atoms with Gasteiger partial charge in [0.15, 0.2) is 0 Å². The molecule has 1 saturated heterocycles. The number of non-ortho nitro benzene ring substituents is 1. The van der Waals surface area contributed by atoms with Gasteiger partial charge in [0.25, 0.3) is 5.69 Å². The van der Waals surface area contributed by atoms with Gasteiger partial charge in [0.1, 0.15) is 0 Å². The van der Waals surface area contributed by atoms with Crippen LogP contribution in [0.4, 0.5) is 16.2 Å². The second-order valence-electron chi connectivity index (χ2n) is 4.34. The van der Waals surface area contributed by atoms with Crippen LogP contribution in [-0.4, -0.2) is 37.3 Å². The van der Waals surface area contributed by atoms with Crippen LogP contribution in [0.2, 0.25) is 0 Å². The van der Waals surface area contributed by atoms with Gasteiger partial charge < -0.3 is 15.0 Å². The lowest BCUT2D eigenvalue weighted by molar-refractivity contribution is -0.384. The molecule has 19 heavy (non-hydrogen) atoms. The third-order valence-electron chi connectivity index (χ3n) is 3.12. The maximum Gasteiger partial charge on any atom is 0.407 e. The molecular weight excluding hydrogens is 250 g/mol. The van der Waals surface area contributed by atoms with E-state index in [2.05, 4.69) is 15.0 Å². The number of methoxy groups -OCH3 is 1. The summed E-state index contributed by atoms with van der Waals surface area (Å²) in [4.78, 5) is 23.3. The van der Waals surface area contributed by atoms with Crippen molar-refractivity contribution in [1.29, 1.82) is 0 Å². The van der Waals surface area contributed by atoms with Crippen LogP contribution in [0, 0.1) is 10.1 Å². The van der Waals surface area contributed by atoms with Crippen molar-refractivity contribution >= 4 is 17.5 Å². The lowest BCUT2D eigenvalue weighted by atomic mass is 10.2. The molecule has 1 amide bonds. The van der Waals surface area contributed by atoms with E-state index in [1.165, 1.54) is 19.2 Å². The van der Waals surface area contributed by atoms with Gasteiger partial charge in [-0.1, -0.05) is 0 Å². The average molecular weight is 265 g/mol. The first-order valence-electron chi connectivity index (χ1n) is 5.94. The molecule has 0 radical (unpaired) electrons. The minimum Gasteiger partial charge on any atom is -0.453 e. The summed E-state index contributed by atoms with van der Waals surface area (Å²) in [6.07, 6.45) is 0.391. The van der Waals surface area contributed by atoms with Gasteiger partial charge in [-0.15, -0.1) is 0 Å². The van der Waals surface area contributed by atoms with Crippen LogP contribution in [0.3, 0.4) is 0 Å². The van der Waals surface area contributed by atoms with Crippen molar-refractivity contribution in [3.05, 3.63) is 34.4 Å². The van der Waals surface area contributed by atoms with E-state index in [-0.39, 0.29) is 11.7 Å². The second-order valence-corrected chi connectivity index (χ2v) is 4.34. The van der Waals surface area contributed by atoms with Gasteiger partial charge in [-0.25, -0.2) is 4.79 Å². The van der Waals surface area contributed by atoms with Crippen molar-refractivity contribution in [2.45, 2.75) is 12.5 Å². The molecule has 0 saturated carbocycles. The molecule has 1 fully saturated rings. The van der Waals surface area contributed by atoms with Crippen molar-refractivity contribution in [3.63, 3.8) is 0 Å². The Morgan fingerprint density at radius 1 is 1.47 bits per heavy atom. The van der Waals surface area contributed by atoms with E-state index in [9.17, 15) is 14.9 Å². The number of carbonyl (C=O) groups excluding carboxylic acids is 1. The number of hydrogen-bond acceptors (Lipinski definition) is 5. The lowest BCUT2D eigenvalue weighted by Gasteiger charge is -2.18.